The zero-order chi connectivity index (χ0) is 13.7. The van der Waals surface area contributed by atoms with E-state index in [2.05, 4.69) is 13.0 Å². The highest BCUT2D eigenvalue weighted by atomic mass is 32.2. The molecule has 0 aliphatic heterocycles. The average molecular weight is 273 g/mol. The highest BCUT2D eigenvalue weighted by Gasteiger charge is 2.11. The van der Waals surface area contributed by atoms with Crippen LogP contribution in [-0.4, -0.2) is 6.26 Å². The molecular weight excluding hydrogens is 254 g/mol. The van der Waals surface area contributed by atoms with Crippen LogP contribution in [0.4, 0.5) is 0 Å². The van der Waals surface area contributed by atoms with Crippen molar-refractivity contribution in [2.24, 2.45) is 5.73 Å². The smallest absolute Gasteiger partial charge is 0.140 e. The van der Waals surface area contributed by atoms with Gasteiger partial charge in [0.05, 0.1) is 0 Å². The standard InChI is InChI=1S/C16H19NOS/c1-3-13(17)12-8-4-5-9-14(12)18-15-10-6-7-11-16(15)19-2/h4-11,13H,3,17H2,1-2H3. The summed E-state index contributed by atoms with van der Waals surface area (Å²) in [5.41, 5.74) is 7.19. The number of hydrogen-bond donors (Lipinski definition) is 1. The summed E-state index contributed by atoms with van der Waals surface area (Å²) in [7, 11) is 0. The van der Waals surface area contributed by atoms with Crippen LogP contribution in [0.25, 0.3) is 0 Å². The lowest BCUT2D eigenvalue weighted by Gasteiger charge is -2.16. The van der Waals surface area contributed by atoms with Gasteiger partial charge >= 0.3 is 0 Å². The molecule has 19 heavy (non-hydrogen) atoms. The van der Waals surface area contributed by atoms with E-state index in [1.165, 1.54) is 0 Å². The molecule has 2 N–H and O–H groups in total. The molecule has 1 atom stereocenters. The van der Waals surface area contributed by atoms with Crippen molar-refractivity contribution in [2.45, 2.75) is 24.3 Å². The number of thioether (sulfide) groups is 1. The highest BCUT2D eigenvalue weighted by Crippen LogP contribution is 2.34. The number of para-hydroxylation sites is 2. The van der Waals surface area contributed by atoms with Crippen molar-refractivity contribution in [3.63, 3.8) is 0 Å². The summed E-state index contributed by atoms with van der Waals surface area (Å²) in [4.78, 5) is 1.13. The SMILES string of the molecule is CCC(N)c1ccccc1Oc1ccccc1SC. The van der Waals surface area contributed by atoms with Crippen LogP contribution >= 0.6 is 11.8 Å². The first-order valence-electron chi connectivity index (χ1n) is 6.41. The van der Waals surface area contributed by atoms with Crippen molar-refractivity contribution in [3.05, 3.63) is 54.1 Å². The lowest BCUT2D eigenvalue weighted by atomic mass is 10.0. The predicted molar refractivity (Wildman–Crippen MR) is 82.0 cm³/mol. The van der Waals surface area contributed by atoms with E-state index in [1.807, 2.05) is 48.7 Å². The summed E-state index contributed by atoms with van der Waals surface area (Å²) in [6.45, 7) is 2.08. The van der Waals surface area contributed by atoms with Crippen LogP contribution in [0, 0.1) is 0 Å². The van der Waals surface area contributed by atoms with Gasteiger partial charge in [0.1, 0.15) is 11.5 Å². The third-order valence-corrected chi connectivity index (χ3v) is 3.82. The third kappa shape index (κ3) is 3.31. The Balaban J connectivity index is 2.33. The quantitative estimate of drug-likeness (QED) is 0.808. The molecular formula is C16H19NOS. The first-order valence-corrected chi connectivity index (χ1v) is 7.64. The number of hydrogen-bond acceptors (Lipinski definition) is 3. The minimum atomic E-state index is 0.0117. The first-order chi connectivity index (χ1) is 9.26. The second-order valence-electron chi connectivity index (χ2n) is 4.31. The van der Waals surface area contributed by atoms with Crippen molar-refractivity contribution < 1.29 is 4.74 Å². The normalized spacial score (nSPS) is 12.2. The molecule has 0 aliphatic carbocycles. The summed E-state index contributed by atoms with van der Waals surface area (Å²) in [6, 6.07) is 16.0. The van der Waals surface area contributed by atoms with Gasteiger partial charge < -0.3 is 10.5 Å². The molecule has 0 heterocycles. The van der Waals surface area contributed by atoms with Gasteiger partial charge in [0.15, 0.2) is 0 Å². The van der Waals surface area contributed by atoms with E-state index < -0.39 is 0 Å². The van der Waals surface area contributed by atoms with E-state index in [1.54, 1.807) is 11.8 Å². The Bertz CT molecular complexity index is 542. The summed E-state index contributed by atoms with van der Waals surface area (Å²) in [6.07, 6.45) is 2.94. The molecule has 0 radical (unpaired) electrons. The van der Waals surface area contributed by atoms with Gasteiger partial charge in [0.25, 0.3) is 0 Å². The van der Waals surface area contributed by atoms with Gasteiger partial charge in [0.2, 0.25) is 0 Å². The molecule has 0 bridgehead atoms. The van der Waals surface area contributed by atoms with Gasteiger partial charge in [0, 0.05) is 16.5 Å². The largest absolute Gasteiger partial charge is 0.456 e. The number of ether oxygens (including phenoxy) is 1. The van der Waals surface area contributed by atoms with Crippen molar-refractivity contribution in [1.82, 2.24) is 0 Å². The van der Waals surface area contributed by atoms with E-state index in [-0.39, 0.29) is 6.04 Å². The molecule has 1 unspecified atom stereocenters. The number of benzene rings is 2. The summed E-state index contributed by atoms with van der Waals surface area (Å²) in [5, 5.41) is 0. The van der Waals surface area contributed by atoms with Gasteiger partial charge in [-0.1, -0.05) is 37.3 Å². The number of nitrogens with two attached hydrogens (primary N) is 1. The monoisotopic (exact) mass is 273 g/mol. The van der Waals surface area contributed by atoms with Crippen LogP contribution in [0.3, 0.4) is 0 Å². The lowest BCUT2D eigenvalue weighted by molar-refractivity contribution is 0.458. The fourth-order valence-electron chi connectivity index (χ4n) is 1.92. The summed E-state index contributed by atoms with van der Waals surface area (Å²) >= 11 is 1.68. The molecule has 2 aromatic carbocycles. The summed E-state index contributed by atoms with van der Waals surface area (Å²) < 4.78 is 6.05. The number of rotatable bonds is 5. The van der Waals surface area contributed by atoms with Crippen molar-refractivity contribution in [1.29, 1.82) is 0 Å². The van der Waals surface area contributed by atoms with E-state index in [0.29, 0.717) is 0 Å². The van der Waals surface area contributed by atoms with Gasteiger partial charge in [-0.05, 0) is 30.9 Å². The van der Waals surface area contributed by atoms with Gasteiger partial charge in [-0.25, -0.2) is 0 Å². The Morgan fingerprint density at radius 3 is 2.37 bits per heavy atom. The second-order valence-corrected chi connectivity index (χ2v) is 5.15. The van der Waals surface area contributed by atoms with E-state index >= 15 is 0 Å². The molecule has 2 aromatic rings. The Labute approximate surface area is 119 Å². The van der Waals surface area contributed by atoms with Crippen LogP contribution in [0.1, 0.15) is 24.9 Å². The minimum absolute atomic E-state index is 0.0117. The van der Waals surface area contributed by atoms with Crippen LogP contribution in [0.5, 0.6) is 11.5 Å². The maximum atomic E-state index is 6.13. The van der Waals surface area contributed by atoms with E-state index in [0.717, 1.165) is 28.4 Å². The van der Waals surface area contributed by atoms with Gasteiger partial charge in [-0.15, -0.1) is 11.8 Å². The molecule has 3 heteroatoms. The molecule has 0 saturated carbocycles. The third-order valence-electron chi connectivity index (χ3n) is 3.05. The fraction of sp³-hybridized carbons (Fsp3) is 0.250. The first kappa shape index (κ1) is 14.0. The van der Waals surface area contributed by atoms with Crippen LogP contribution in [0.15, 0.2) is 53.4 Å². The fourth-order valence-corrected chi connectivity index (χ4v) is 2.45. The molecule has 0 aliphatic rings. The molecule has 2 nitrogen and oxygen atoms in total. The molecule has 0 saturated heterocycles. The van der Waals surface area contributed by atoms with Gasteiger partial charge in [-0.3, -0.25) is 0 Å². The molecule has 2 rings (SSSR count). The Morgan fingerprint density at radius 2 is 1.68 bits per heavy atom. The predicted octanol–water partition coefficient (Wildman–Crippen LogP) is 4.61. The molecule has 0 aromatic heterocycles. The average Bonchev–Trinajstić information content (AvgIpc) is 2.47. The Kier molecular flexibility index (Phi) is 4.88. The molecule has 100 valence electrons. The molecule has 0 spiro atoms. The molecule has 0 amide bonds. The van der Waals surface area contributed by atoms with Crippen LogP contribution < -0.4 is 10.5 Å². The zero-order valence-corrected chi connectivity index (χ0v) is 12.1. The second kappa shape index (κ2) is 6.64. The maximum Gasteiger partial charge on any atom is 0.140 e. The van der Waals surface area contributed by atoms with Crippen molar-refractivity contribution in [2.75, 3.05) is 6.26 Å². The van der Waals surface area contributed by atoms with Crippen LogP contribution in [0.2, 0.25) is 0 Å². The van der Waals surface area contributed by atoms with Crippen LogP contribution in [-0.2, 0) is 0 Å². The Hall–Kier alpha value is -1.45. The highest BCUT2D eigenvalue weighted by molar-refractivity contribution is 7.98. The Morgan fingerprint density at radius 1 is 1.05 bits per heavy atom. The minimum Gasteiger partial charge on any atom is -0.456 e. The van der Waals surface area contributed by atoms with Crippen molar-refractivity contribution in [3.8, 4) is 11.5 Å². The van der Waals surface area contributed by atoms with E-state index in [4.69, 9.17) is 10.5 Å². The van der Waals surface area contributed by atoms with E-state index in [9.17, 15) is 0 Å². The zero-order valence-electron chi connectivity index (χ0n) is 11.3. The van der Waals surface area contributed by atoms with Gasteiger partial charge in [-0.2, -0.15) is 0 Å². The van der Waals surface area contributed by atoms with Crippen molar-refractivity contribution >= 4 is 11.8 Å². The molecule has 0 fully saturated rings. The lowest BCUT2D eigenvalue weighted by Crippen LogP contribution is -2.09. The summed E-state index contributed by atoms with van der Waals surface area (Å²) in [5.74, 6) is 1.73. The topological polar surface area (TPSA) is 35.2 Å². The maximum absolute atomic E-state index is 6.13.